The Morgan fingerprint density at radius 1 is 1.44 bits per heavy atom. The van der Waals surface area contributed by atoms with Crippen molar-refractivity contribution in [3.63, 3.8) is 0 Å². The van der Waals surface area contributed by atoms with E-state index >= 15 is 0 Å². The number of hydrogen-bond acceptors (Lipinski definition) is 3. The third-order valence-corrected chi connectivity index (χ3v) is 3.03. The Bertz CT molecular complexity index is 345. The van der Waals surface area contributed by atoms with Gasteiger partial charge in [0.1, 0.15) is 6.54 Å². The van der Waals surface area contributed by atoms with Gasteiger partial charge in [0, 0.05) is 27.2 Å². The van der Waals surface area contributed by atoms with Gasteiger partial charge in [-0.15, -0.1) is 0 Å². The number of likely N-dealkylation sites (tertiary alicyclic amines) is 1. The number of carbonyl (C=O) groups excluding carboxylic acids is 2. The SMILES string of the molecule is CNC(=O)CN(C)C(=O)N1CCCC(C(=O)O)C1. The van der Waals surface area contributed by atoms with E-state index in [-0.39, 0.29) is 25.0 Å². The first-order chi connectivity index (χ1) is 8.45. The molecule has 0 bridgehead atoms. The van der Waals surface area contributed by atoms with Crippen LogP contribution in [0, 0.1) is 5.92 Å². The van der Waals surface area contributed by atoms with Gasteiger partial charge in [0.15, 0.2) is 0 Å². The first-order valence-corrected chi connectivity index (χ1v) is 5.89. The molecule has 1 aliphatic rings. The van der Waals surface area contributed by atoms with Gasteiger partial charge < -0.3 is 20.2 Å². The number of carboxylic acid groups (broad SMARTS) is 1. The zero-order valence-electron chi connectivity index (χ0n) is 10.7. The fourth-order valence-electron chi connectivity index (χ4n) is 1.96. The van der Waals surface area contributed by atoms with Crippen molar-refractivity contribution in [3.8, 4) is 0 Å². The molecular formula is C11H19N3O4. The minimum atomic E-state index is -0.874. The van der Waals surface area contributed by atoms with Crippen LogP contribution in [0.2, 0.25) is 0 Å². The van der Waals surface area contributed by atoms with E-state index in [1.165, 1.54) is 23.9 Å². The van der Waals surface area contributed by atoms with Crippen LogP contribution in [-0.2, 0) is 9.59 Å². The van der Waals surface area contributed by atoms with Gasteiger partial charge in [0.25, 0.3) is 0 Å². The molecule has 102 valence electrons. The molecule has 1 rings (SSSR count). The summed E-state index contributed by atoms with van der Waals surface area (Å²) in [7, 11) is 3.03. The van der Waals surface area contributed by atoms with Crippen LogP contribution >= 0.6 is 0 Å². The lowest BCUT2D eigenvalue weighted by atomic mass is 9.99. The molecular weight excluding hydrogens is 238 g/mol. The van der Waals surface area contributed by atoms with E-state index in [1.807, 2.05) is 0 Å². The summed E-state index contributed by atoms with van der Waals surface area (Å²) < 4.78 is 0. The molecule has 0 aliphatic carbocycles. The molecule has 0 saturated carbocycles. The summed E-state index contributed by atoms with van der Waals surface area (Å²) in [4.78, 5) is 36.8. The highest BCUT2D eigenvalue weighted by molar-refractivity contribution is 5.84. The number of carbonyl (C=O) groups is 3. The number of aliphatic carboxylic acids is 1. The second-order valence-corrected chi connectivity index (χ2v) is 4.44. The lowest BCUT2D eigenvalue weighted by Gasteiger charge is -2.33. The van der Waals surface area contributed by atoms with Crippen LogP contribution < -0.4 is 5.32 Å². The summed E-state index contributed by atoms with van der Waals surface area (Å²) in [5.74, 6) is -1.63. The molecule has 0 radical (unpaired) electrons. The van der Waals surface area contributed by atoms with Gasteiger partial charge in [0.2, 0.25) is 5.91 Å². The number of hydrogen-bond donors (Lipinski definition) is 2. The predicted molar refractivity (Wildman–Crippen MR) is 64.0 cm³/mol. The Labute approximate surface area is 106 Å². The number of carboxylic acids is 1. The molecule has 1 atom stereocenters. The average Bonchev–Trinajstić information content (AvgIpc) is 2.37. The van der Waals surface area contributed by atoms with Crippen molar-refractivity contribution in [1.82, 2.24) is 15.1 Å². The largest absolute Gasteiger partial charge is 0.481 e. The van der Waals surface area contributed by atoms with Crippen molar-refractivity contribution in [2.75, 3.05) is 33.7 Å². The lowest BCUT2D eigenvalue weighted by molar-refractivity contribution is -0.143. The molecule has 1 heterocycles. The molecule has 2 N–H and O–H groups in total. The molecule has 1 unspecified atom stereocenters. The standard InChI is InChI=1S/C11H19N3O4/c1-12-9(15)7-13(2)11(18)14-5-3-4-8(6-14)10(16)17/h8H,3-7H2,1-2H3,(H,12,15)(H,16,17). The van der Waals surface area contributed by atoms with Crippen molar-refractivity contribution < 1.29 is 19.5 Å². The quantitative estimate of drug-likeness (QED) is 0.718. The second kappa shape index (κ2) is 6.23. The van der Waals surface area contributed by atoms with E-state index in [0.29, 0.717) is 19.4 Å². The Balaban J connectivity index is 2.55. The summed E-state index contributed by atoms with van der Waals surface area (Å²) in [5, 5.41) is 11.4. The summed E-state index contributed by atoms with van der Waals surface area (Å²) in [6, 6.07) is -0.301. The highest BCUT2D eigenvalue weighted by Crippen LogP contribution is 2.17. The monoisotopic (exact) mass is 257 g/mol. The predicted octanol–water partition coefficient (Wildman–Crippen LogP) is -0.419. The second-order valence-electron chi connectivity index (χ2n) is 4.44. The number of likely N-dealkylation sites (N-methyl/N-ethyl adjacent to an activating group) is 2. The van der Waals surface area contributed by atoms with Crippen LogP contribution in [0.25, 0.3) is 0 Å². The first kappa shape index (κ1) is 14.3. The van der Waals surface area contributed by atoms with E-state index < -0.39 is 11.9 Å². The van der Waals surface area contributed by atoms with Gasteiger partial charge in [-0.2, -0.15) is 0 Å². The van der Waals surface area contributed by atoms with Gasteiger partial charge in [-0.05, 0) is 12.8 Å². The molecule has 7 heteroatoms. The van der Waals surface area contributed by atoms with Gasteiger partial charge in [0.05, 0.1) is 5.92 Å². The molecule has 1 aliphatic heterocycles. The fraction of sp³-hybridized carbons (Fsp3) is 0.727. The van der Waals surface area contributed by atoms with Crippen LogP contribution in [0.15, 0.2) is 0 Å². The average molecular weight is 257 g/mol. The Morgan fingerprint density at radius 2 is 2.11 bits per heavy atom. The maximum Gasteiger partial charge on any atom is 0.320 e. The number of nitrogens with zero attached hydrogens (tertiary/aromatic N) is 2. The number of nitrogens with one attached hydrogen (secondary N) is 1. The Morgan fingerprint density at radius 3 is 2.67 bits per heavy atom. The number of amides is 3. The van der Waals surface area contributed by atoms with E-state index in [4.69, 9.17) is 5.11 Å². The summed E-state index contributed by atoms with van der Waals surface area (Å²) in [5.41, 5.74) is 0. The smallest absolute Gasteiger partial charge is 0.320 e. The van der Waals surface area contributed by atoms with Gasteiger partial charge >= 0.3 is 12.0 Å². The molecule has 1 fully saturated rings. The highest BCUT2D eigenvalue weighted by atomic mass is 16.4. The maximum absolute atomic E-state index is 12.0. The van der Waals surface area contributed by atoms with Crippen LogP contribution in [0.3, 0.4) is 0 Å². The summed E-state index contributed by atoms with van der Waals surface area (Å²) in [6.07, 6.45) is 1.27. The topological polar surface area (TPSA) is 90.0 Å². The van der Waals surface area contributed by atoms with Crippen molar-refractivity contribution in [3.05, 3.63) is 0 Å². The van der Waals surface area contributed by atoms with Crippen molar-refractivity contribution in [1.29, 1.82) is 0 Å². The number of urea groups is 1. The molecule has 0 spiro atoms. The lowest BCUT2D eigenvalue weighted by Crippen LogP contribution is -2.49. The van der Waals surface area contributed by atoms with E-state index in [9.17, 15) is 14.4 Å². The summed E-state index contributed by atoms with van der Waals surface area (Å²) >= 11 is 0. The molecule has 7 nitrogen and oxygen atoms in total. The highest BCUT2D eigenvalue weighted by Gasteiger charge is 2.29. The van der Waals surface area contributed by atoms with E-state index in [1.54, 1.807) is 0 Å². The first-order valence-electron chi connectivity index (χ1n) is 5.89. The molecule has 3 amide bonds. The molecule has 18 heavy (non-hydrogen) atoms. The molecule has 0 aromatic rings. The van der Waals surface area contributed by atoms with Crippen molar-refractivity contribution in [2.45, 2.75) is 12.8 Å². The molecule has 1 saturated heterocycles. The minimum absolute atomic E-state index is 0.0242. The van der Waals surface area contributed by atoms with Crippen LogP contribution in [0.4, 0.5) is 4.79 Å². The van der Waals surface area contributed by atoms with Gasteiger partial charge in [-0.1, -0.05) is 0 Å². The minimum Gasteiger partial charge on any atom is -0.481 e. The molecule has 0 aromatic heterocycles. The number of rotatable bonds is 3. The zero-order valence-corrected chi connectivity index (χ0v) is 10.7. The normalized spacial score (nSPS) is 19.2. The van der Waals surface area contributed by atoms with Crippen molar-refractivity contribution in [2.24, 2.45) is 5.92 Å². The van der Waals surface area contributed by atoms with Gasteiger partial charge in [-0.25, -0.2) is 4.79 Å². The van der Waals surface area contributed by atoms with Crippen LogP contribution in [-0.4, -0.2) is 66.5 Å². The zero-order chi connectivity index (χ0) is 13.7. The fourth-order valence-corrected chi connectivity index (χ4v) is 1.96. The Kier molecular flexibility index (Phi) is 4.94. The number of piperidine rings is 1. The third-order valence-electron chi connectivity index (χ3n) is 3.03. The molecule has 0 aromatic carbocycles. The van der Waals surface area contributed by atoms with E-state index in [2.05, 4.69) is 5.32 Å². The van der Waals surface area contributed by atoms with Crippen LogP contribution in [0.5, 0.6) is 0 Å². The van der Waals surface area contributed by atoms with E-state index in [0.717, 1.165) is 0 Å². The van der Waals surface area contributed by atoms with Gasteiger partial charge in [-0.3, -0.25) is 9.59 Å². The summed E-state index contributed by atoms with van der Waals surface area (Å²) in [6.45, 7) is 0.733. The third kappa shape index (κ3) is 3.61. The van der Waals surface area contributed by atoms with Crippen LogP contribution in [0.1, 0.15) is 12.8 Å². The Hall–Kier alpha value is -1.79. The van der Waals surface area contributed by atoms with Crippen molar-refractivity contribution >= 4 is 17.9 Å². The maximum atomic E-state index is 12.0.